The molecule has 33 heavy (non-hydrogen) atoms. The molecule has 162 valence electrons. The van der Waals surface area contributed by atoms with Gasteiger partial charge in [-0.3, -0.25) is 9.69 Å². The zero-order valence-corrected chi connectivity index (χ0v) is 19.0. The maximum absolute atomic E-state index is 13.2. The minimum atomic E-state index is -1.05. The summed E-state index contributed by atoms with van der Waals surface area (Å²) in [6, 6.07) is 24.5. The Morgan fingerprint density at radius 1 is 1.00 bits per heavy atom. The first-order chi connectivity index (χ1) is 16.0. The first-order valence-electron chi connectivity index (χ1n) is 10.2. The number of carboxylic acids is 1. The minimum Gasteiger partial charge on any atom is -0.478 e. The van der Waals surface area contributed by atoms with Gasteiger partial charge in [-0.2, -0.15) is 0 Å². The van der Waals surface area contributed by atoms with Gasteiger partial charge in [0.15, 0.2) is 4.32 Å². The number of para-hydroxylation sites is 1. The summed E-state index contributed by atoms with van der Waals surface area (Å²) in [4.78, 5) is 26.5. The average molecular weight is 471 g/mol. The molecule has 7 heteroatoms. The Labute approximate surface area is 199 Å². The van der Waals surface area contributed by atoms with E-state index in [0.29, 0.717) is 14.9 Å². The molecule has 1 aliphatic rings. The van der Waals surface area contributed by atoms with Gasteiger partial charge < -0.3 is 9.67 Å². The molecule has 1 saturated heterocycles. The number of benzene rings is 3. The lowest BCUT2D eigenvalue weighted by Gasteiger charge is -2.14. The van der Waals surface area contributed by atoms with E-state index in [0.717, 1.165) is 23.0 Å². The van der Waals surface area contributed by atoms with Crippen LogP contribution in [0.25, 0.3) is 17.0 Å². The third-order valence-corrected chi connectivity index (χ3v) is 6.75. The number of carboxylic acid groups (broad SMARTS) is 1. The van der Waals surface area contributed by atoms with Gasteiger partial charge in [0.1, 0.15) is 0 Å². The lowest BCUT2D eigenvalue weighted by atomic mass is 10.1. The van der Waals surface area contributed by atoms with Crippen molar-refractivity contribution >= 4 is 62.8 Å². The molecule has 5 rings (SSSR count). The van der Waals surface area contributed by atoms with Gasteiger partial charge in [0.05, 0.1) is 16.2 Å². The second kappa shape index (κ2) is 8.69. The van der Waals surface area contributed by atoms with Crippen molar-refractivity contribution in [3.8, 4) is 0 Å². The Morgan fingerprint density at radius 3 is 2.55 bits per heavy atom. The number of nitrogens with zero attached hydrogens (tertiary/aromatic N) is 2. The predicted octanol–water partition coefficient (Wildman–Crippen LogP) is 5.79. The summed E-state index contributed by atoms with van der Waals surface area (Å²) in [7, 11) is 0. The molecule has 0 bridgehead atoms. The van der Waals surface area contributed by atoms with E-state index in [1.54, 1.807) is 12.1 Å². The van der Waals surface area contributed by atoms with Gasteiger partial charge in [0, 0.05) is 29.2 Å². The van der Waals surface area contributed by atoms with Crippen LogP contribution in [0.4, 0.5) is 5.69 Å². The van der Waals surface area contributed by atoms with Crippen molar-refractivity contribution < 1.29 is 14.7 Å². The molecule has 5 nitrogen and oxygen atoms in total. The number of fused-ring (bicyclic) bond motifs is 1. The molecule has 2 heterocycles. The number of hydrogen-bond donors (Lipinski definition) is 1. The van der Waals surface area contributed by atoms with Crippen molar-refractivity contribution in [3.05, 3.63) is 107 Å². The van der Waals surface area contributed by atoms with E-state index in [-0.39, 0.29) is 11.5 Å². The van der Waals surface area contributed by atoms with Gasteiger partial charge in [-0.05, 0) is 35.9 Å². The van der Waals surface area contributed by atoms with Gasteiger partial charge in [-0.25, -0.2) is 4.79 Å². The normalized spacial score (nSPS) is 15.0. The fourth-order valence-corrected chi connectivity index (χ4v) is 5.20. The molecule has 1 amide bonds. The van der Waals surface area contributed by atoms with Crippen molar-refractivity contribution in [2.75, 3.05) is 4.90 Å². The lowest BCUT2D eigenvalue weighted by molar-refractivity contribution is -0.113. The Hall–Kier alpha value is -3.68. The molecule has 1 fully saturated rings. The van der Waals surface area contributed by atoms with Gasteiger partial charge in [0.25, 0.3) is 5.91 Å². The zero-order valence-electron chi connectivity index (χ0n) is 17.3. The standard InChI is InChI=1S/C26H18N2O3S2/c29-24-23(33-26(32)28(24)20-10-6-9-18(13-20)25(30)31)14-19-16-27(15-17-7-2-1-3-8-17)22-12-5-4-11-21(19)22/h1-14,16H,15H2,(H,30,31)/b23-14-. The molecule has 0 radical (unpaired) electrons. The lowest BCUT2D eigenvalue weighted by Crippen LogP contribution is -2.27. The molecular weight excluding hydrogens is 452 g/mol. The predicted molar refractivity (Wildman–Crippen MR) is 137 cm³/mol. The van der Waals surface area contributed by atoms with Crippen molar-refractivity contribution in [3.63, 3.8) is 0 Å². The van der Waals surface area contributed by atoms with Crippen LogP contribution in [0, 0.1) is 0 Å². The zero-order chi connectivity index (χ0) is 22.9. The number of rotatable bonds is 5. The van der Waals surface area contributed by atoms with E-state index in [1.807, 2.05) is 42.5 Å². The number of hydrogen-bond acceptors (Lipinski definition) is 4. The Kier molecular flexibility index (Phi) is 5.58. The topological polar surface area (TPSA) is 62.5 Å². The van der Waals surface area contributed by atoms with Crippen LogP contribution in [0.2, 0.25) is 0 Å². The van der Waals surface area contributed by atoms with Crippen LogP contribution in [0.5, 0.6) is 0 Å². The number of carbonyl (C=O) groups is 2. The molecule has 1 N–H and O–H groups in total. The van der Waals surface area contributed by atoms with E-state index in [1.165, 1.54) is 34.4 Å². The number of aromatic nitrogens is 1. The summed E-state index contributed by atoms with van der Waals surface area (Å²) in [5, 5.41) is 10.3. The molecule has 0 aliphatic carbocycles. The molecule has 1 aliphatic heterocycles. The number of anilines is 1. The molecule has 1 aromatic heterocycles. The molecule has 3 aromatic carbocycles. The highest BCUT2D eigenvalue weighted by atomic mass is 32.2. The summed E-state index contributed by atoms with van der Waals surface area (Å²) < 4.78 is 2.55. The van der Waals surface area contributed by atoms with Gasteiger partial charge in [0.2, 0.25) is 0 Å². The summed E-state index contributed by atoms with van der Waals surface area (Å²) in [6.07, 6.45) is 3.92. The maximum Gasteiger partial charge on any atom is 0.335 e. The number of thiocarbonyl (C=S) groups is 1. The molecule has 0 saturated carbocycles. The van der Waals surface area contributed by atoms with Crippen molar-refractivity contribution in [1.29, 1.82) is 0 Å². The summed E-state index contributed by atoms with van der Waals surface area (Å²) in [6.45, 7) is 0.720. The van der Waals surface area contributed by atoms with Crippen LogP contribution in [0.3, 0.4) is 0 Å². The molecule has 4 aromatic rings. The fraction of sp³-hybridized carbons (Fsp3) is 0.0385. The number of aromatic carboxylic acids is 1. The van der Waals surface area contributed by atoms with E-state index in [9.17, 15) is 14.7 Å². The Balaban J connectivity index is 1.51. The monoisotopic (exact) mass is 470 g/mol. The van der Waals surface area contributed by atoms with E-state index in [2.05, 4.69) is 29.0 Å². The van der Waals surface area contributed by atoms with Gasteiger partial charge >= 0.3 is 5.97 Å². The third kappa shape index (κ3) is 4.08. The number of thioether (sulfide) groups is 1. The van der Waals surface area contributed by atoms with Crippen LogP contribution in [-0.2, 0) is 11.3 Å². The average Bonchev–Trinajstić information content (AvgIpc) is 3.31. The highest BCUT2D eigenvalue weighted by Gasteiger charge is 2.33. The van der Waals surface area contributed by atoms with Crippen LogP contribution >= 0.6 is 24.0 Å². The highest BCUT2D eigenvalue weighted by Crippen LogP contribution is 2.37. The molecule has 0 atom stereocenters. The number of amides is 1. The van der Waals surface area contributed by atoms with Gasteiger partial charge in [-0.1, -0.05) is 78.6 Å². The first-order valence-corrected chi connectivity index (χ1v) is 11.5. The van der Waals surface area contributed by atoms with Crippen LogP contribution < -0.4 is 4.90 Å². The highest BCUT2D eigenvalue weighted by molar-refractivity contribution is 8.27. The molecule has 0 spiro atoms. The Morgan fingerprint density at radius 2 is 1.76 bits per heavy atom. The van der Waals surface area contributed by atoms with Crippen molar-refractivity contribution in [2.45, 2.75) is 6.54 Å². The molecular formula is C26H18N2O3S2. The summed E-state index contributed by atoms with van der Waals surface area (Å²) in [5.41, 5.74) is 3.76. The first kappa shape index (κ1) is 21.2. The van der Waals surface area contributed by atoms with Crippen LogP contribution in [-0.4, -0.2) is 25.9 Å². The smallest absolute Gasteiger partial charge is 0.335 e. The summed E-state index contributed by atoms with van der Waals surface area (Å²) in [5.74, 6) is -1.31. The quantitative estimate of drug-likeness (QED) is 0.295. The van der Waals surface area contributed by atoms with Crippen LogP contribution in [0.1, 0.15) is 21.5 Å². The second-order valence-electron chi connectivity index (χ2n) is 7.59. The van der Waals surface area contributed by atoms with Crippen LogP contribution in [0.15, 0.2) is 90.0 Å². The van der Waals surface area contributed by atoms with Crippen molar-refractivity contribution in [1.82, 2.24) is 4.57 Å². The van der Waals surface area contributed by atoms with E-state index < -0.39 is 5.97 Å². The third-order valence-electron chi connectivity index (χ3n) is 5.45. The molecule has 0 unspecified atom stereocenters. The second-order valence-corrected chi connectivity index (χ2v) is 9.26. The summed E-state index contributed by atoms with van der Waals surface area (Å²) >= 11 is 6.68. The van der Waals surface area contributed by atoms with Crippen molar-refractivity contribution in [2.24, 2.45) is 0 Å². The maximum atomic E-state index is 13.2. The largest absolute Gasteiger partial charge is 0.478 e. The number of carbonyl (C=O) groups excluding carboxylic acids is 1. The Bertz CT molecular complexity index is 1440. The SMILES string of the molecule is O=C(O)c1cccc(N2C(=O)/C(=C/c3cn(Cc4ccccc4)c4ccccc34)SC2=S)c1. The fourth-order valence-electron chi connectivity index (χ4n) is 3.91. The van der Waals surface area contributed by atoms with E-state index in [4.69, 9.17) is 12.2 Å². The van der Waals surface area contributed by atoms with Gasteiger partial charge in [-0.15, -0.1) is 0 Å². The minimum absolute atomic E-state index is 0.106. The van der Waals surface area contributed by atoms with E-state index >= 15 is 0 Å².